The minimum atomic E-state index is 0.644. The molecule has 4 nitrogen and oxygen atoms in total. The maximum Gasteiger partial charge on any atom is 0.0372 e. The maximum absolute atomic E-state index is 3.87. The molecule has 3 aromatic carbocycles. The van der Waals surface area contributed by atoms with Crippen LogP contribution in [0.4, 0.5) is 5.69 Å². The summed E-state index contributed by atoms with van der Waals surface area (Å²) in [6.07, 6.45) is 5.87. The Morgan fingerprint density at radius 3 is 2.30 bits per heavy atom. The standard InChI is InChI=1S/C33H40N4/c1-2-7-27(8-3-1)26-36-21-19-35(20-22-36)18-15-34-32-13-16-37(17-14-32)33-12-6-11-30(25-33)31-23-28-9-4-5-10-29(28)24-31/h1-12,23,25,32,34H,13-22,24,26H2. The summed E-state index contributed by atoms with van der Waals surface area (Å²) in [5.74, 6) is 0. The highest BCUT2D eigenvalue weighted by Crippen LogP contribution is 2.33. The van der Waals surface area contributed by atoms with Gasteiger partial charge in [-0.3, -0.25) is 9.80 Å². The Morgan fingerprint density at radius 1 is 0.730 bits per heavy atom. The van der Waals surface area contributed by atoms with Gasteiger partial charge in [0.1, 0.15) is 0 Å². The molecule has 3 aromatic rings. The van der Waals surface area contributed by atoms with Gasteiger partial charge in [-0.15, -0.1) is 0 Å². The lowest BCUT2D eigenvalue weighted by Crippen LogP contribution is -2.49. The number of hydrogen-bond acceptors (Lipinski definition) is 4. The molecule has 2 saturated heterocycles. The van der Waals surface area contributed by atoms with Gasteiger partial charge < -0.3 is 10.2 Å². The molecule has 0 saturated carbocycles. The molecule has 6 rings (SSSR count). The molecular formula is C33H40N4. The lowest BCUT2D eigenvalue weighted by atomic mass is 10.0. The summed E-state index contributed by atoms with van der Waals surface area (Å²) in [6.45, 7) is 10.4. The molecule has 0 radical (unpaired) electrons. The maximum atomic E-state index is 3.87. The van der Waals surface area contributed by atoms with Crippen molar-refractivity contribution in [1.29, 1.82) is 0 Å². The number of nitrogens with zero attached hydrogens (tertiary/aromatic N) is 3. The fourth-order valence-corrected chi connectivity index (χ4v) is 6.15. The number of benzene rings is 3. The Hall–Kier alpha value is -2.92. The SMILES string of the molecule is C1=C(c2cccc(N3CCC(NCCN4CCN(Cc5ccccc5)CC4)CC3)c2)Cc2ccccc21. The molecule has 0 amide bonds. The van der Waals surface area contributed by atoms with E-state index in [9.17, 15) is 0 Å². The van der Waals surface area contributed by atoms with Crippen molar-refractivity contribution in [1.82, 2.24) is 15.1 Å². The van der Waals surface area contributed by atoms with Crippen LogP contribution in [0.2, 0.25) is 0 Å². The molecule has 1 N–H and O–H groups in total. The van der Waals surface area contributed by atoms with E-state index in [-0.39, 0.29) is 0 Å². The average molecular weight is 493 g/mol. The summed E-state index contributed by atoms with van der Waals surface area (Å²) < 4.78 is 0. The molecule has 1 aliphatic carbocycles. The molecule has 2 fully saturated rings. The van der Waals surface area contributed by atoms with E-state index in [0.29, 0.717) is 6.04 Å². The number of piperidine rings is 1. The second-order valence-electron chi connectivity index (χ2n) is 10.9. The van der Waals surface area contributed by atoms with E-state index in [1.807, 2.05) is 0 Å². The Balaban J connectivity index is 0.918. The van der Waals surface area contributed by atoms with Crippen LogP contribution in [0.5, 0.6) is 0 Å². The van der Waals surface area contributed by atoms with Crippen molar-refractivity contribution < 1.29 is 0 Å². The first kappa shape index (κ1) is 24.4. The zero-order chi connectivity index (χ0) is 24.9. The third-order valence-electron chi connectivity index (χ3n) is 8.42. The van der Waals surface area contributed by atoms with Gasteiger partial charge in [0.2, 0.25) is 0 Å². The molecule has 37 heavy (non-hydrogen) atoms. The summed E-state index contributed by atoms with van der Waals surface area (Å²) in [6, 6.07) is 29.5. The Morgan fingerprint density at radius 2 is 1.49 bits per heavy atom. The van der Waals surface area contributed by atoms with E-state index in [4.69, 9.17) is 0 Å². The smallest absolute Gasteiger partial charge is 0.0372 e. The monoisotopic (exact) mass is 492 g/mol. The van der Waals surface area contributed by atoms with E-state index in [0.717, 1.165) is 32.6 Å². The third kappa shape index (κ3) is 6.15. The van der Waals surface area contributed by atoms with Crippen LogP contribution in [-0.4, -0.2) is 68.2 Å². The minimum absolute atomic E-state index is 0.644. The number of rotatable bonds is 8. The predicted octanol–water partition coefficient (Wildman–Crippen LogP) is 5.16. The normalized spacial score (nSPS) is 19.1. The van der Waals surface area contributed by atoms with Crippen molar-refractivity contribution in [2.24, 2.45) is 0 Å². The summed E-state index contributed by atoms with van der Waals surface area (Å²) in [5.41, 5.74) is 8.45. The van der Waals surface area contributed by atoms with Gasteiger partial charge in [0, 0.05) is 70.6 Å². The first-order valence-corrected chi connectivity index (χ1v) is 14.2. The first-order chi connectivity index (χ1) is 18.3. The fraction of sp³-hybridized carbons (Fsp3) is 0.394. The number of piperazine rings is 1. The Labute approximate surface area is 222 Å². The largest absolute Gasteiger partial charge is 0.371 e. The molecule has 0 bridgehead atoms. The highest BCUT2D eigenvalue weighted by Gasteiger charge is 2.21. The Bertz CT molecular complexity index is 1190. The topological polar surface area (TPSA) is 21.8 Å². The van der Waals surface area contributed by atoms with Gasteiger partial charge in [0.15, 0.2) is 0 Å². The van der Waals surface area contributed by atoms with Crippen LogP contribution in [0, 0.1) is 0 Å². The van der Waals surface area contributed by atoms with Crippen molar-refractivity contribution in [2.45, 2.75) is 31.8 Å². The van der Waals surface area contributed by atoms with E-state index in [2.05, 4.69) is 105 Å². The molecular weight excluding hydrogens is 452 g/mol. The van der Waals surface area contributed by atoms with Crippen LogP contribution in [0.25, 0.3) is 11.6 Å². The molecule has 0 spiro atoms. The lowest BCUT2D eigenvalue weighted by molar-refractivity contribution is 0.126. The predicted molar refractivity (Wildman–Crippen MR) is 156 cm³/mol. The number of anilines is 1. The molecule has 0 atom stereocenters. The zero-order valence-corrected chi connectivity index (χ0v) is 22.0. The van der Waals surface area contributed by atoms with Crippen molar-refractivity contribution in [3.8, 4) is 0 Å². The minimum Gasteiger partial charge on any atom is -0.371 e. The van der Waals surface area contributed by atoms with Gasteiger partial charge in [-0.2, -0.15) is 0 Å². The third-order valence-corrected chi connectivity index (χ3v) is 8.42. The van der Waals surface area contributed by atoms with Gasteiger partial charge in [-0.05, 0) is 59.2 Å². The highest BCUT2D eigenvalue weighted by molar-refractivity contribution is 5.89. The summed E-state index contributed by atoms with van der Waals surface area (Å²) >= 11 is 0. The second kappa shape index (κ2) is 11.6. The highest BCUT2D eigenvalue weighted by atomic mass is 15.3. The van der Waals surface area contributed by atoms with Crippen LogP contribution in [0.15, 0.2) is 78.9 Å². The summed E-state index contributed by atoms with van der Waals surface area (Å²) in [4.78, 5) is 7.80. The molecule has 3 aliphatic rings. The van der Waals surface area contributed by atoms with Crippen molar-refractivity contribution in [3.63, 3.8) is 0 Å². The molecule has 0 aromatic heterocycles. The molecule has 2 heterocycles. The van der Waals surface area contributed by atoms with Gasteiger partial charge in [-0.25, -0.2) is 0 Å². The molecule has 192 valence electrons. The number of hydrogen-bond donors (Lipinski definition) is 1. The van der Waals surface area contributed by atoms with E-state index in [1.54, 1.807) is 0 Å². The number of fused-ring (bicyclic) bond motifs is 1. The van der Waals surface area contributed by atoms with Crippen LogP contribution < -0.4 is 10.2 Å². The van der Waals surface area contributed by atoms with E-state index < -0.39 is 0 Å². The second-order valence-corrected chi connectivity index (χ2v) is 10.9. The quantitative estimate of drug-likeness (QED) is 0.469. The van der Waals surface area contributed by atoms with E-state index in [1.165, 1.54) is 79.1 Å². The van der Waals surface area contributed by atoms with Crippen LogP contribution in [0.3, 0.4) is 0 Å². The summed E-state index contributed by atoms with van der Waals surface area (Å²) in [5, 5.41) is 3.87. The fourth-order valence-electron chi connectivity index (χ4n) is 6.15. The number of nitrogens with one attached hydrogen (secondary N) is 1. The molecule has 2 aliphatic heterocycles. The summed E-state index contributed by atoms with van der Waals surface area (Å²) in [7, 11) is 0. The van der Waals surface area contributed by atoms with Crippen molar-refractivity contribution in [3.05, 3.63) is 101 Å². The van der Waals surface area contributed by atoms with E-state index >= 15 is 0 Å². The van der Waals surface area contributed by atoms with Crippen LogP contribution in [-0.2, 0) is 13.0 Å². The van der Waals surface area contributed by atoms with Gasteiger partial charge >= 0.3 is 0 Å². The number of allylic oxidation sites excluding steroid dienone is 1. The Kier molecular flexibility index (Phi) is 7.68. The van der Waals surface area contributed by atoms with Crippen LogP contribution >= 0.6 is 0 Å². The zero-order valence-electron chi connectivity index (χ0n) is 22.0. The van der Waals surface area contributed by atoms with Crippen molar-refractivity contribution >= 4 is 17.3 Å². The van der Waals surface area contributed by atoms with Gasteiger partial charge in [0.25, 0.3) is 0 Å². The lowest BCUT2D eigenvalue weighted by Gasteiger charge is -2.36. The van der Waals surface area contributed by atoms with Gasteiger partial charge in [0.05, 0.1) is 0 Å². The molecule has 0 unspecified atom stereocenters. The van der Waals surface area contributed by atoms with Gasteiger partial charge in [-0.1, -0.05) is 72.8 Å². The molecule has 4 heteroatoms. The van der Waals surface area contributed by atoms with Crippen LogP contribution in [0.1, 0.15) is 35.1 Å². The van der Waals surface area contributed by atoms with Crippen molar-refractivity contribution in [2.75, 3.05) is 57.3 Å². The average Bonchev–Trinajstić information content (AvgIpc) is 3.40. The first-order valence-electron chi connectivity index (χ1n) is 14.2.